The summed E-state index contributed by atoms with van der Waals surface area (Å²) < 4.78 is 11.4. The molecule has 0 unspecified atom stereocenters. The fourth-order valence-corrected chi connectivity index (χ4v) is 8.42. The van der Waals surface area contributed by atoms with E-state index in [-0.39, 0.29) is 0 Å². The number of para-hydroxylation sites is 2. The lowest BCUT2D eigenvalue weighted by atomic mass is 9.87. The zero-order valence-corrected chi connectivity index (χ0v) is 30.9. The molecule has 3 aromatic heterocycles. The molecule has 0 radical (unpaired) electrons. The van der Waals surface area contributed by atoms with Crippen LogP contribution in [0.5, 0.6) is 11.5 Å². The van der Waals surface area contributed by atoms with Gasteiger partial charge in [-0.05, 0) is 88.0 Å². The van der Waals surface area contributed by atoms with Gasteiger partial charge in [0.05, 0.1) is 16.7 Å². The van der Waals surface area contributed by atoms with Crippen molar-refractivity contribution in [2.75, 3.05) is 4.90 Å². The molecule has 1 aliphatic heterocycles. The molecule has 57 heavy (non-hydrogen) atoms. The average molecular weight is 734 g/mol. The van der Waals surface area contributed by atoms with Gasteiger partial charge < -0.3 is 14.2 Å². The van der Waals surface area contributed by atoms with Gasteiger partial charge in [0.25, 0.3) is 0 Å². The van der Waals surface area contributed by atoms with Crippen molar-refractivity contribution in [2.45, 2.75) is 6.67 Å². The van der Waals surface area contributed by atoms with E-state index in [2.05, 4.69) is 178 Å². The first-order valence-electron chi connectivity index (χ1n) is 19.2. The van der Waals surface area contributed by atoms with E-state index in [0.29, 0.717) is 6.67 Å². The Kier molecular flexibility index (Phi) is 7.78. The van der Waals surface area contributed by atoms with E-state index < -0.39 is 0 Å². The fraction of sp³-hybridized carbons (Fsp3) is 0.0196. The van der Waals surface area contributed by atoms with Gasteiger partial charge in [0, 0.05) is 52.7 Å². The van der Waals surface area contributed by atoms with Gasteiger partial charge in [-0.3, -0.25) is 4.57 Å². The Morgan fingerprint density at radius 3 is 1.96 bits per heavy atom. The number of rotatable bonds is 7. The van der Waals surface area contributed by atoms with Gasteiger partial charge in [-0.2, -0.15) is 0 Å². The maximum atomic E-state index is 7.02. The van der Waals surface area contributed by atoms with Crippen LogP contribution in [0.15, 0.2) is 201 Å². The second-order valence-corrected chi connectivity index (χ2v) is 14.3. The van der Waals surface area contributed by atoms with Crippen LogP contribution in [0.2, 0.25) is 0 Å². The number of benzene rings is 7. The quantitative estimate of drug-likeness (QED) is 0.164. The van der Waals surface area contributed by atoms with Gasteiger partial charge in [0.2, 0.25) is 0 Å². The van der Waals surface area contributed by atoms with Crippen LogP contribution in [0.4, 0.5) is 11.4 Å². The molecule has 7 aromatic carbocycles. The summed E-state index contributed by atoms with van der Waals surface area (Å²) in [4.78, 5) is 11.8. The Labute approximate surface area is 330 Å². The smallest absolute Gasteiger partial charge is 0.143 e. The molecule has 0 amide bonds. The summed E-state index contributed by atoms with van der Waals surface area (Å²) >= 11 is 0. The number of ether oxygens (including phenoxy) is 1. The van der Waals surface area contributed by atoms with E-state index in [9.17, 15) is 0 Å². The first-order chi connectivity index (χ1) is 28.3. The van der Waals surface area contributed by atoms with Gasteiger partial charge >= 0.3 is 0 Å². The topological polar surface area (TPSA) is 48.1 Å². The number of anilines is 2. The molecule has 1 aliphatic rings. The van der Waals surface area contributed by atoms with Crippen LogP contribution < -0.4 is 9.64 Å². The first-order valence-corrected chi connectivity index (χ1v) is 19.2. The third-order valence-corrected chi connectivity index (χ3v) is 10.9. The van der Waals surface area contributed by atoms with E-state index in [1.54, 1.807) is 0 Å². The van der Waals surface area contributed by atoms with Crippen LogP contribution in [0.3, 0.4) is 0 Å². The molecule has 0 saturated carbocycles. The Hall–Kier alpha value is -7.70. The summed E-state index contributed by atoms with van der Waals surface area (Å²) in [5.41, 5.74) is 12.1. The minimum Gasteiger partial charge on any atom is -0.457 e. The van der Waals surface area contributed by atoms with Crippen LogP contribution in [-0.2, 0) is 6.67 Å². The summed E-state index contributed by atoms with van der Waals surface area (Å²) in [6.45, 7) is 0.608. The molecule has 270 valence electrons. The zero-order chi connectivity index (χ0) is 37.7. The van der Waals surface area contributed by atoms with Gasteiger partial charge in [-0.25, -0.2) is 9.97 Å². The predicted molar refractivity (Wildman–Crippen MR) is 231 cm³/mol. The third kappa shape index (κ3) is 5.66. The number of hydrogen-bond acceptors (Lipinski definition) is 4. The van der Waals surface area contributed by atoms with E-state index >= 15 is 0 Å². The molecule has 6 heteroatoms. The summed E-state index contributed by atoms with van der Waals surface area (Å²) in [6, 6.07) is 64.0. The van der Waals surface area contributed by atoms with Crippen LogP contribution >= 0.6 is 0 Å². The first kappa shape index (κ1) is 32.7. The SMILES string of the molecule is c1ccc(-c2cccc(-c3ccccc3)c2-c2cc(Oc3ccc4c5ccccc5n(-c5ccccn5)c4c3)cc(N3Cn4ccnc4-c4ccccc43)c2)cc1. The zero-order valence-electron chi connectivity index (χ0n) is 30.9. The number of nitrogens with zero attached hydrogens (tertiary/aromatic N) is 5. The summed E-state index contributed by atoms with van der Waals surface area (Å²) in [7, 11) is 0. The lowest BCUT2D eigenvalue weighted by molar-refractivity contribution is 0.483. The van der Waals surface area contributed by atoms with Gasteiger partial charge in [-0.15, -0.1) is 0 Å². The number of aromatic nitrogens is 4. The second-order valence-electron chi connectivity index (χ2n) is 14.3. The molecule has 0 aliphatic carbocycles. The number of fused-ring (bicyclic) bond motifs is 6. The van der Waals surface area contributed by atoms with Gasteiger partial charge in [-0.1, -0.05) is 115 Å². The predicted octanol–water partition coefficient (Wildman–Crippen LogP) is 12.9. The molecule has 10 aromatic rings. The highest BCUT2D eigenvalue weighted by Gasteiger charge is 2.25. The van der Waals surface area contributed by atoms with E-state index in [1.807, 2.05) is 36.8 Å². The Morgan fingerprint density at radius 2 is 1.18 bits per heavy atom. The van der Waals surface area contributed by atoms with Crippen molar-refractivity contribution in [3.63, 3.8) is 0 Å². The Bertz CT molecular complexity index is 3020. The van der Waals surface area contributed by atoms with E-state index in [1.165, 1.54) is 5.39 Å². The highest BCUT2D eigenvalue weighted by molar-refractivity contribution is 6.09. The molecule has 11 rings (SSSR count). The van der Waals surface area contributed by atoms with Crippen molar-refractivity contribution in [3.8, 4) is 62.1 Å². The standard InChI is InChI=1S/C51H35N5O/c1-3-14-35(15-4-1)41-20-13-21-42(36-16-5-2-6-17-36)50(41)37-30-38(55-34-54-29-28-53-51(54)45-19-8-9-22-46(45)55)32-40(31-37)57-39-25-26-44-43-18-7-10-23-47(43)56(48(44)33-39)49-24-11-12-27-52-49/h1-33H,34H2. The Morgan fingerprint density at radius 1 is 0.474 bits per heavy atom. The molecule has 0 atom stereocenters. The van der Waals surface area contributed by atoms with Crippen LogP contribution in [-0.4, -0.2) is 19.1 Å². The molecule has 0 saturated heterocycles. The maximum Gasteiger partial charge on any atom is 0.143 e. The fourth-order valence-electron chi connectivity index (χ4n) is 8.42. The van der Waals surface area contributed by atoms with E-state index in [0.717, 1.165) is 89.9 Å². The lowest BCUT2D eigenvalue weighted by Crippen LogP contribution is -2.26. The lowest BCUT2D eigenvalue weighted by Gasteiger charge is -2.33. The molecule has 4 heterocycles. The number of imidazole rings is 1. The minimum atomic E-state index is 0.608. The highest BCUT2D eigenvalue weighted by atomic mass is 16.5. The van der Waals surface area contributed by atoms with Crippen molar-refractivity contribution in [1.82, 2.24) is 19.1 Å². The molecular formula is C51H35N5O. The van der Waals surface area contributed by atoms with Crippen LogP contribution in [0, 0.1) is 0 Å². The molecule has 0 spiro atoms. The minimum absolute atomic E-state index is 0.608. The molecule has 6 nitrogen and oxygen atoms in total. The number of pyridine rings is 1. The van der Waals surface area contributed by atoms with Crippen molar-refractivity contribution < 1.29 is 4.74 Å². The second kappa shape index (κ2) is 13.6. The van der Waals surface area contributed by atoms with Crippen LogP contribution in [0.25, 0.3) is 72.4 Å². The van der Waals surface area contributed by atoms with Crippen molar-refractivity contribution in [3.05, 3.63) is 201 Å². The highest BCUT2D eigenvalue weighted by Crippen LogP contribution is 2.46. The van der Waals surface area contributed by atoms with E-state index in [4.69, 9.17) is 14.7 Å². The summed E-state index contributed by atoms with van der Waals surface area (Å²) in [5, 5.41) is 2.31. The van der Waals surface area contributed by atoms with Gasteiger partial charge in [0.1, 0.15) is 29.8 Å². The van der Waals surface area contributed by atoms with Crippen molar-refractivity contribution >= 4 is 33.2 Å². The van der Waals surface area contributed by atoms with Crippen LogP contribution in [0.1, 0.15) is 0 Å². The third-order valence-electron chi connectivity index (χ3n) is 10.9. The largest absolute Gasteiger partial charge is 0.457 e. The average Bonchev–Trinajstić information content (AvgIpc) is 3.89. The summed E-state index contributed by atoms with van der Waals surface area (Å²) in [6.07, 6.45) is 5.77. The summed E-state index contributed by atoms with van der Waals surface area (Å²) in [5.74, 6) is 3.30. The van der Waals surface area contributed by atoms with Crippen molar-refractivity contribution in [2.24, 2.45) is 0 Å². The van der Waals surface area contributed by atoms with Crippen molar-refractivity contribution in [1.29, 1.82) is 0 Å². The molecular weight excluding hydrogens is 699 g/mol. The molecule has 0 bridgehead atoms. The molecule has 0 fully saturated rings. The normalized spacial score (nSPS) is 12.1. The Balaban J connectivity index is 1.13. The van der Waals surface area contributed by atoms with Gasteiger partial charge in [0.15, 0.2) is 0 Å². The monoisotopic (exact) mass is 733 g/mol. The number of hydrogen-bond donors (Lipinski definition) is 0. The molecule has 0 N–H and O–H groups in total. The maximum absolute atomic E-state index is 7.02.